The Bertz CT molecular complexity index is 602. The molecule has 1 aromatic heterocycles. The molecule has 22 heavy (non-hydrogen) atoms. The van der Waals surface area contributed by atoms with E-state index in [1.54, 1.807) is 0 Å². The van der Waals surface area contributed by atoms with Crippen molar-refractivity contribution in [1.29, 1.82) is 0 Å². The third-order valence-corrected chi connectivity index (χ3v) is 3.27. The quantitative estimate of drug-likeness (QED) is 0.849. The Morgan fingerprint density at radius 1 is 1.05 bits per heavy atom. The first-order valence-corrected chi connectivity index (χ1v) is 7.86. The minimum absolute atomic E-state index is 0.0457. The van der Waals surface area contributed by atoms with E-state index in [0.29, 0.717) is 6.04 Å². The zero-order valence-corrected chi connectivity index (χ0v) is 14.1. The van der Waals surface area contributed by atoms with Crippen LogP contribution in [0.5, 0.6) is 0 Å². The van der Waals surface area contributed by atoms with E-state index in [9.17, 15) is 0 Å². The highest BCUT2D eigenvalue weighted by atomic mass is 15.1. The van der Waals surface area contributed by atoms with E-state index in [1.807, 2.05) is 36.4 Å². The van der Waals surface area contributed by atoms with Gasteiger partial charge in [0.2, 0.25) is 0 Å². The number of aromatic nitrogens is 2. The Hall–Kier alpha value is -2.10. The van der Waals surface area contributed by atoms with Gasteiger partial charge >= 0.3 is 0 Å². The molecule has 4 nitrogen and oxygen atoms in total. The second-order valence-electron chi connectivity index (χ2n) is 6.66. The number of rotatable bonds is 5. The third kappa shape index (κ3) is 4.72. The van der Waals surface area contributed by atoms with Crippen LogP contribution in [0.4, 0.5) is 11.6 Å². The van der Waals surface area contributed by atoms with E-state index in [2.05, 4.69) is 55.2 Å². The first-order valence-electron chi connectivity index (χ1n) is 7.86. The van der Waals surface area contributed by atoms with Crippen LogP contribution in [0.3, 0.4) is 0 Å². The normalized spacial score (nSPS) is 12.8. The first kappa shape index (κ1) is 16.3. The molecule has 2 aromatic rings. The van der Waals surface area contributed by atoms with Crippen LogP contribution in [0.15, 0.2) is 36.4 Å². The van der Waals surface area contributed by atoms with Crippen molar-refractivity contribution in [2.24, 2.45) is 0 Å². The van der Waals surface area contributed by atoms with Crippen molar-refractivity contribution in [2.75, 3.05) is 10.6 Å². The smallest absolute Gasteiger partial charge is 0.163 e. The van der Waals surface area contributed by atoms with E-state index in [-0.39, 0.29) is 5.54 Å². The van der Waals surface area contributed by atoms with Crippen LogP contribution in [0.1, 0.15) is 41.0 Å². The standard InChI is InChI=1S/C18H26N4/c1-6-13(2)19-15-12-16(22-18(3,4)5)21-17(20-15)14-10-8-7-9-11-14/h7-13H,6H2,1-5H3,(H2,19,20,21,22). The highest BCUT2D eigenvalue weighted by Gasteiger charge is 2.14. The predicted octanol–water partition coefficient (Wildman–Crippen LogP) is 4.56. The lowest BCUT2D eigenvalue weighted by molar-refractivity contribution is 0.630. The van der Waals surface area contributed by atoms with Crippen molar-refractivity contribution >= 4 is 11.6 Å². The molecule has 1 unspecified atom stereocenters. The van der Waals surface area contributed by atoms with Crippen molar-refractivity contribution in [3.05, 3.63) is 36.4 Å². The number of hydrogen-bond donors (Lipinski definition) is 2. The van der Waals surface area contributed by atoms with Crippen LogP contribution < -0.4 is 10.6 Å². The lowest BCUT2D eigenvalue weighted by atomic mass is 10.1. The molecule has 0 aliphatic rings. The van der Waals surface area contributed by atoms with Crippen molar-refractivity contribution in [3.63, 3.8) is 0 Å². The van der Waals surface area contributed by atoms with Crippen LogP contribution in [0.2, 0.25) is 0 Å². The molecule has 0 fully saturated rings. The van der Waals surface area contributed by atoms with Gasteiger partial charge in [-0.25, -0.2) is 9.97 Å². The number of nitrogens with one attached hydrogen (secondary N) is 2. The van der Waals surface area contributed by atoms with E-state index in [1.165, 1.54) is 0 Å². The Morgan fingerprint density at radius 3 is 2.27 bits per heavy atom. The van der Waals surface area contributed by atoms with Gasteiger partial charge in [-0.15, -0.1) is 0 Å². The summed E-state index contributed by atoms with van der Waals surface area (Å²) >= 11 is 0. The highest BCUT2D eigenvalue weighted by Crippen LogP contribution is 2.22. The average molecular weight is 298 g/mol. The van der Waals surface area contributed by atoms with Crippen molar-refractivity contribution < 1.29 is 0 Å². The van der Waals surface area contributed by atoms with Crippen LogP contribution in [-0.4, -0.2) is 21.5 Å². The highest BCUT2D eigenvalue weighted by molar-refractivity contribution is 5.61. The van der Waals surface area contributed by atoms with Crippen molar-refractivity contribution in [3.8, 4) is 11.4 Å². The Morgan fingerprint density at radius 2 is 1.68 bits per heavy atom. The molecular weight excluding hydrogens is 272 g/mol. The summed E-state index contributed by atoms with van der Waals surface area (Å²) < 4.78 is 0. The monoisotopic (exact) mass is 298 g/mol. The minimum Gasteiger partial charge on any atom is -0.367 e. The molecule has 0 spiro atoms. The molecule has 2 rings (SSSR count). The van der Waals surface area contributed by atoms with E-state index in [4.69, 9.17) is 0 Å². The van der Waals surface area contributed by atoms with E-state index < -0.39 is 0 Å². The van der Waals surface area contributed by atoms with Gasteiger partial charge in [-0.3, -0.25) is 0 Å². The molecule has 1 heterocycles. The van der Waals surface area contributed by atoms with E-state index >= 15 is 0 Å². The number of nitrogens with zero attached hydrogens (tertiary/aromatic N) is 2. The molecule has 118 valence electrons. The fraction of sp³-hybridized carbons (Fsp3) is 0.444. The molecular formula is C18H26N4. The third-order valence-electron chi connectivity index (χ3n) is 3.27. The minimum atomic E-state index is -0.0457. The Balaban J connectivity index is 2.40. The second-order valence-corrected chi connectivity index (χ2v) is 6.66. The van der Waals surface area contributed by atoms with Crippen LogP contribution in [-0.2, 0) is 0 Å². The number of hydrogen-bond acceptors (Lipinski definition) is 4. The molecule has 1 aromatic carbocycles. The molecule has 0 saturated heterocycles. The lowest BCUT2D eigenvalue weighted by Crippen LogP contribution is -2.27. The lowest BCUT2D eigenvalue weighted by Gasteiger charge is -2.22. The van der Waals surface area contributed by atoms with Gasteiger partial charge in [-0.1, -0.05) is 37.3 Å². The average Bonchev–Trinajstić information content (AvgIpc) is 2.46. The Kier molecular flexibility index (Phi) is 5.01. The Labute approximate surface area is 133 Å². The maximum atomic E-state index is 4.66. The maximum absolute atomic E-state index is 4.66. The van der Waals surface area contributed by atoms with Crippen LogP contribution in [0, 0.1) is 0 Å². The van der Waals surface area contributed by atoms with Gasteiger partial charge in [0.1, 0.15) is 11.6 Å². The van der Waals surface area contributed by atoms with Gasteiger partial charge < -0.3 is 10.6 Å². The van der Waals surface area contributed by atoms with Crippen LogP contribution in [0.25, 0.3) is 11.4 Å². The fourth-order valence-corrected chi connectivity index (χ4v) is 2.04. The molecule has 0 aliphatic carbocycles. The summed E-state index contributed by atoms with van der Waals surface area (Å²) in [6, 6.07) is 12.4. The summed E-state index contributed by atoms with van der Waals surface area (Å²) in [5.41, 5.74) is 0.975. The van der Waals surface area contributed by atoms with Gasteiger partial charge in [0, 0.05) is 23.2 Å². The van der Waals surface area contributed by atoms with Gasteiger partial charge in [0.15, 0.2) is 5.82 Å². The van der Waals surface area contributed by atoms with Gasteiger partial charge in [-0.05, 0) is 34.1 Å². The predicted molar refractivity (Wildman–Crippen MR) is 94.2 cm³/mol. The molecule has 0 amide bonds. The topological polar surface area (TPSA) is 49.8 Å². The summed E-state index contributed by atoms with van der Waals surface area (Å²) in [6.07, 6.45) is 1.05. The summed E-state index contributed by atoms with van der Waals surface area (Å²) in [7, 11) is 0. The molecule has 0 radical (unpaired) electrons. The SMILES string of the molecule is CCC(C)Nc1cc(NC(C)(C)C)nc(-c2ccccc2)n1. The zero-order chi connectivity index (χ0) is 16.2. The number of anilines is 2. The summed E-state index contributed by atoms with van der Waals surface area (Å²) in [4.78, 5) is 9.32. The first-order chi connectivity index (χ1) is 10.4. The zero-order valence-electron chi connectivity index (χ0n) is 14.1. The number of benzene rings is 1. The summed E-state index contributed by atoms with van der Waals surface area (Å²) in [5, 5.41) is 6.87. The van der Waals surface area contributed by atoms with Crippen LogP contribution >= 0.6 is 0 Å². The van der Waals surface area contributed by atoms with Gasteiger partial charge in [0.05, 0.1) is 0 Å². The van der Waals surface area contributed by atoms with Crippen molar-refractivity contribution in [2.45, 2.75) is 52.6 Å². The molecule has 0 saturated carbocycles. The summed E-state index contributed by atoms with van der Waals surface area (Å²) in [6.45, 7) is 10.7. The van der Waals surface area contributed by atoms with Crippen molar-refractivity contribution in [1.82, 2.24) is 9.97 Å². The fourth-order valence-electron chi connectivity index (χ4n) is 2.04. The molecule has 0 aliphatic heterocycles. The molecule has 2 N–H and O–H groups in total. The van der Waals surface area contributed by atoms with Gasteiger partial charge in [-0.2, -0.15) is 0 Å². The summed E-state index contributed by atoms with van der Waals surface area (Å²) in [5.74, 6) is 2.43. The van der Waals surface area contributed by atoms with E-state index in [0.717, 1.165) is 29.4 Å². The maximum Gasteiger partial charge on any atom is 0.163 e. The molecule has 1 atom stereocenters. The second kappa shape index (κ2) is 6.77. The molecule has 4 heteroatoms. The van der Waals surface area contributed by atoms with Gasteiger partial charge in [0.25, 0.3) is 0 Å². The largest absolute Gasteiger partial charge is 0.367 e. The molecule has 0 bridgehead atoms.